The SMILES string of the molecule is C#Cc1cnc(C2=CCN(c3nc4c(c(NC5(C=O)CCC5)n3)[S@](=O)CC4)CC2)nc1. The summed E-state index contributed by atoms with van der Waals surface area (Å²) in [5, 5.41) is 3.31. The minimum atomic E-state index is -1.14. The van der Waals surface area contributed by atoms with Crippen LogP contribution < -0.4 is 10.2 Å². The van der Waals surface area contributed by atoms with Crippen LogP contribution in [-0.2, 0) is 22.0 Å². The number of carbonyl (C=O) groups excluding carboxylic acids is 1. The van der Waals surface area contributed by atoms with E-state index in [1.165, 1.54) is 0 Å². The number of fused-ring (bicyclic) bond motifs is 1. The van der Waals surface area contributed by atoms with E-state index in [0.29, 0.717) is 53.3 Å². The zero-order valence-corrected chi connectivity index (χ0v) is 17.8. The Morgan fingerprint density at radius 3 is 2.65 bits per heavy atom. The number of aldehydes is 1. The van der Waals surface area contributed by atoms with E-state index in [1.54, 1.807) is 12.4 Å². The van der Waals surface area contributed by atoms with E-state index in [0.717, 1.165) is 43.2 Å². The van der Waals surface area contributed by atoms with Crippen molar-refractivity contribution in [2.75, 3.05) is 29.1 Å². The average Bonchev–Trinajstić information content (AvgIpc) is 3.17. The highest BCUT2D eigenvalue weighted by atomic mass is 32.2. The van der Waals surface area contributed by atoms with Crippen molar-refractivity contribution >= 4 is 34.4 Å². The van der Waals surface area contributed by atoms with Crippen molar-refractivity contribution in [1.82, 2.24) is 19.9 Å². The standard InChI is InChI=1S/C22H22N6O2S/c1-2-15-12-23-19(24-13-15)16-4-9-28(10-5-16)21-25-17-6-11-31(30)18(17)20(26-21)27-22(14-29)7-3-8-22/h1,4,12-14H,3,5-11H2,(H,25,26,27)/t31-/m1/s1. The molecular formula is C22H22N6O2S. The van der Waals surface area contributed by atoms with E-state index in [1.807, 2.05) is 0 Å². The van der Waals surface area contributed by atoms with E-state index in [-0.39, 0.29) is 0 Å². The summed E-state index contributed by atoms with van der Waals surface area (Å²) in [5.41, 5.74) is 1.94. The lowest BCUT2D eigenvalue weighted by Gasteiger charge is -2.38. The van der Waals surface area contributed by atoms with Crippen LogP contribution in [0.1, 0.15) is 42.8 Å². The van der Waals surface area contributed by atoms with Crippen molar-refractivity contribution in [3.63, 3.8) is 0 Å². The van der Waals surface area contributed by atoms with Crippen LogP contribution in [0, 0.1) is 12.3 Å². The molecule has 4 heterocycles. The predicted molar refractivity (Wildman–Crippen MR) is 118 cm³/mol. The monoisotopic (exact) mass is 434 g/mol. The second-order valence-corrected chi connectivity index (χ2v) is 9.57. The van der Waals surface area contributed by atoms with Crippen LogP contribution in [0.5, 0.6) is 0 Å². The summed E-state index contributed by atoms with van der Waals surface area (Å²) in [5.74, 6) is 4.90. The summed E-state index contributed by atoms with van der Waals surface area (Å²) in [6, 6.07) is 0. The molecule has 1 atom stereocenters. The zero-order chi connectivity index (χ0) is 21.4. The number of aromatic nitrogens is 4. The van der Waals surface area contributed by atoms with Crippen LogP contribution in [0.4, 0.5) is 11.8 Å². The van der Waals surface area contributed by atoms with Crippen LogP contribution in [-0.4, -0.2) is 54.8 Å². The zero-order valence-electron chi connectivity index (χ0n) is 17.0. The molecule has 1 fully saturated rings. The number of terminal acetylenes is 1. The van der Waals surface area contributed by atoms with Gasteiger partial charge in [-0.1, -0.05) is 12.0 Å². The molecule has 1 aliphatic carbocycles. The molecule has 0 spiro atoms. The maximum absolute atomic E-state index is 12.6. The molecule has 31 heavy (non-hydrogen) atoms. The summed E-state index contributed by atoms with van der Waals surface area (Å²) in [7, 11) is -1.14. The first-order valence-corrected chi connectivity index (χ1v) is 11.7. The third-order valence-electron chi connectivity index (χ3n) is 6.11. The third-order valence-corrected chi connectivity index (χ3v) is 7.57. The molecule has 2 aliphatic heterocycles. The summed E-state index contributed by atoms with van der Waals surface area (Å²) in [4.78, 5) is 32.6. The number of hydrogen-bond donors (Lipinski definition) is 1. The van der Waals surface area contributed by atoms with Crippen LogP contribution in [0.3, 0.4) is 0 Å². The highest BCUT2D eigenvalue weighted by Gasteiger charge is 2.39. The molecule has 2 aromatic rings. The van der Waals surface area contributed by atoms with Gasteiger partial charge in [0, 0.05) is 37.7 Å². The van der Waals surface area contributed by atoms with Gasteiger partial charge < -0.3 is 15.0 Å². The third kappa shape index (κ3) is 3.61. The van der Waals surface area contributed by atoms with Crippen molar-refractivity contribution in [3.05, 3.63) is 35.6 Å². The Balaban J connectivity index is 1.41. The first-order chi connectivity index (χ1) is 15.1. The van der Waals surface area contributed by atoms with Gasteiger partial charge in [-0.25, -0.2) is 15.0 Å². The Bertz CT molecular complexity index is 1130. The van der Waals surface area contributed by atoms with E-state index in [4.69, 9.17) is 16.4 Å². The molecule has 0 amide bonds. The van der Waals surface area contributed by atoms with Gasteiger partial charge in [0.05, 0.1) is 27.6 Å². The first-order valence-electron chi connectivity index (χ1n) is 10.4. The Morgan fingerprint density at radius 2 is 2.03 bits per heavy atom. The van der Waals surface area contributed by atoms with Crippen molar-refractivity contribution in [3.8, 4) is 12.3 Å². The van der Waals surface area contributed by atoms with Gasteiger partial charge >= 0.3 is 0 Å². The molecule has 0 saturated heterocycles. The molecule has 5 rings (SSSR count). The second kappa shape index (κ2) is 7.85. The number of hydrogen-bond acceptors (Lipinski definition) is 8. The van der Waals surface area contributed by atoms with Gasteiger partial charge in [0.2, 0.25) is 5.95 Å². The lowest BCUT2D eigenvalue weighted by atomic mass is 9.78. The molecule has 9 heteroatoms. The molecule has 158 valence electrons. The van der Waals surface area contributed by atoms with Gasteiger partial charge in [-0.05, 0) is 31.3 Å². The molecule has 1 N–H and O–H groups in total. The summed E-state index contributed by atoms with van der Waals surface area (Å²) in [6.07, 6.45) is 15.7. The number of rotatable bonds is 5. The van der Waals surface area contributed by atoms with Crippen molar-refractivity contribution < 1.29 is 9.00 Å². The summed E-state index contributed by atoms with van der Waals surface area (Å²) in [6.45, 7) is 1.34. The van der Waals surface area contributed by atoms with E-state index in [2.05, 4.69) is 32.2 Å². The minimum absolute atomic E-state index is 0.547. The summed E-state index contributed by atoms with van der Waals surface area (Å²) >= 11 is 0. The van der Waals surface area contributed by atoms with Crippen LogP contribution in [0.2, 0.25) is 0 Å². The second-order valence-electron chi connectivity index (χ2n) is 8.07. The molecule has 0 bridgehead atoms. The fourth-order valence-corrected chi connectivity index (χ4v) is 5.40. The molecule has 2 aromatic heterocycles. The van der Waals surface area contributed by atoms with E-state index >= 15 is 0 Å². The topological polar surface area (TPSA) is 101 Å². The maximum Gasteiger partial charge on any atom is 0.227 e. The molecule has 0 radical (unpaired) electrons. The van der Waals surface area contributed by atoms with Gasteiger partial charge in [-0.2, -0.15) is 4.98 Å². The molecular weight excluding hydrogens is 412 g/mol. The molecule has 3 aliphatic rings. The van der Waals surface area contributed by atoms with Crippen LogP contribution in [0.15, 0.2) is 23.4 Å². The predicted octanol–water partition coefficient (Wildman–Crippen LogP) is 1.74. The quantitative estimate of drug-likeness (QED) is 0.561. The fraction of sp³-hybridized carbons (Fsp3) is 0.409. The van der Waals surface area contributed by atoms with Crippen LogP contribution >= 0.6 is 0 Å². The first kappa shape index (κ1) is 19.8. The number of aryl methyl sites for hydroxylation is 1. The largest absolute Gasteiger partial charge is 0.357 e. The molecule has 0 aromatic carbocycles. The lowest BCUT2D eigenvalue weighted by molar-refractivity contribution is -0.113. The number of anilines is 2. The highest BCUT2D eigenvalue weighted by Crippen LogP contribution is 2.37. The number of nitrogens with zero attached hydrogens (tertiary/aromatic N) is 5. The average molecular weight is 435 g/mol. The summed E-state index contributed by atoms with van der Waals surface area (Å²) < 4.78 is 12.6. The Morgan fingerprint density at radius 1 is 1.23 bits per heavy atom. The number of nitrogens with one attached hydrogen (secondary N) is 1. The van der Waals surface area contributed by atoms with Crippen molar-refractivity contribution in [2.45, 2.75) is 42.5 Å². The van der Waals surface area contributed by atoms with Crippen molar-refractivity contribution in [1.29, 1.82) is 0 Å². The van der Waals surface area contributed by atoms with Crippen LogP contribution in [0.25, 0.3) is 5.57 Å². The van der Waals surface area contributed by atoms with Gasteiger partial charge in [-0.3, -0.25) is 4.21 Å². The number of carbonyl (C=O) groups is 1. The normalized spacial score (nSPS) is 21.5. The van der Waals surface area contributed by atoms with E-state index < -0.39 is 16.3 Å². The van der Waals surface area contributed by atoms with Gasteiger partial charge in [0.25, 0.3) is 0 Å². The fourth-order valence-electron chi connectivity index (χ4n) is 4.10. The molecule has 0 unspecified atom stereocenters. The molecule has 8 nitrogen and oxygen atoms in total. The Kier molecular flexibility index (Phi) is 5.02. The maximum atomic E-state index is 12.6. The molecule has 1 saturated carbocycles. The Hall–Kier alpha value is -3.12. The van der Waals surface area contributed by atoms with Gasteiger partial charge in [0.15, 0.2) is 5.82 Å². The smallest absolute Gasteiger partial charge is 0.227 e. The van der Waals surface area contributed by atoms with E-state index in [9.17, 15) is 9.00 Å². The lowest BCUT2D eigenvalue weighted by Crippen LogP contribution is -2.47. The minimum Gasteiger partial charge on any atom is -0.357 e. The Labute approximate surface area is 183 Å². The van der Waals surface area contributed by atoms with Gasteiger partial charge in [-0.15, -0.1) is 6.42 Å². The van der Waals surface area contributed by atoms with Crippen molar-refractivity contribution in [2.24, 2.45) is 0 Å². The highest BCUT2D eigenvalue weighted by molar-refractivity contribution is 7.85. The van der Waals surface area contributed by atoms with Gasteiger partial charge in [0.1, 0.15) is 17.0 Å².